The fourth-order valence-corrected chi connectivity index (χ4v) is 6.64. The van der Waals surface area contributed by atoms with Crippen LogP contribution < -0.4 is 19.1 Å². The summed E-state index contributed by atoms with van der Waals surface area (Å²) in [5, 5.41) is 2.73. The number of nitrogens with one attached hydrogen (secondary N) is 1. The summed E-state index contributed by atoms with van der Waals surface area (Å²) < 4.78 is 69.4. The van der Waals surface area contributed by atoms with E-state index in [1.807, 2.05) is 6.92 Å². The number of nitrogens with zero attached hydrogens (tertiary/aromatic N) is 2. The summed E-state index contributed by atoms with van der Waals surface area (Å²) in [5.41, 5.74) is 0.362. The zero-order chi connectivity index (χ0) is 27.8. The zero-order valence-corrected chi connectivity index (χ0v) is 23.5. The van der Waals surface area contributed by atoms with Crippen molar-refractivity contribution in [2.75, 3.05) is 56.6 Å². The summed E-state index contributed by atoms with van der Waals surface area (Å²) in [5.74, 6) is 0.591. The summed E-state index contributed by atoms with van der Waals surface area (Å²) >= 11 is 0. The fourth-order valence-electron chi connectivity index (χ4n) is 4.02. The molecule has 1 aliphatic heterocycles. The SMILES string of the molecule is CCOc1ccc(N([C@H](CC)C(=O)NCCOc2ccc(S(=O)(=O)N3CCOCC3)cc2)S(C)(=O)=O)cc1. The maximum Gasteiger partial charge on any atom is 0.244 e. The Labute approximate surface area is 224 Å². The largest absolute Gasteiger partial charge is 0.494 e. The van der Waals surface area contributed by atoms with E-state index in [9.17, 15) is 21.6 Å². The van der Waals surface area contributed by atoms with E-state index in [1.165, 1.54) is 16.4 Å². The quantitative estimate of drug-likeness (QED) is 0.362. The molecule has 1 aliphatic rings. The molecule has 0 bridgehead atoms. The molecular formula is C25H35N3O8S2. The van der Waals surface area contributed by atoms with Gasteiger partial charge in [-0.05, 0) is 61.9 Å². The van der Waals surface area contributed by atoms with Crippen molar-refractivity contribution < 1.29 is 35.8 Å². The molecule has 1 heterocycles. The summed E-state index contributed by atoms with van der Waals surface area (Å²) in [6, 6.07) is 11.6. The van der Waals surface area contributed by atoms with Gasteiger partial charge in [-0.2, -0.15) is 4.31 Å². The first-order valence-corrected chi connectivity index (χ1v) is 15.7. The molecule has 0 aromatic heterocycles. The van der Waals surface area contributed by atoms with E-state index in [-0.39, 0.29) is 24.5 Å². The molecule has 0 aliphatic carbocycles. The number of ether oxygens (including phenoxy) is 3. The average molecular weight is 570 g/mol. The van der Waals surface area contributed by atoms with Crippen LogP contribution in [-0.4, -0.2) is 85.4 Å². The number of anilines is 1. The van der Waals surface area contributed by atoms with Gasteiger partial charge in [-0.15, -0.1) is 0 Å². The van der Waals surface area contributed by atoms with Crippen molar-refractivity contribution in [2.45, 2.75) is 31.2 Å². The van der Waals surface area contributed by atoms with E-state index in [0.717, 1.165) is 10.6 Å². The third-order valence-electron chi connectivity index (χ3n) is 5.83. The van der Waals surface area contributed by atoms with Crippen LogP contribution in [-0.2, 0) is 29.6 Å². The van der Waals surface area contributed by atoms with Crippen LogP contribution in [0.25, 0.3) is 0 Å². The summed E-state index contributed by atoms with van der Waals surface area (Å²) in [4.78, 5) is 13.1. The predicted molar refractivity (Wildman–Crippen MR) is 144 cm³/mol. The van der Waals surface area contributed by atoms with Gasteiger partial charge in [-0.1, -0.05) is 6.92 Å². The average Bonchev–Trinajstić information content (AvgIpc) is 2.90. The van der Waals surface area contributed by atoms with Crippen LogP contribution in [0.2, 0.25) is 0 Å². The van der Waals surface area contributed by atoms with E-state index in [2.05, 4.69) is 5.32 Å². The molecular weight excluding hydrogens is 534 g/mol. The van der Waals surface area contributed by atoms with Crippen LogP contribution in [0, 0.1) is 0 Å². The Kier molecular flexibility index (Phi) is 10.4. The van der Waals surface area contributed by atoms with Gasteiger partial charge in [0.2, 0.25) is 26.0 Å². The number of hydrogen-bond acceptors (Lipinski definition) is 8. The standard InChI is InChI=1S/C25H35N3O8S2/c1-4-24(28(37(3,30)31)20-6-8-21(9-7-20)35-5-2)25(29)26-14-17-36-22-10-12-23(13-11-22)38(32,33)27-15-18-34-19-16-27/h6-13,24H,4-5,14-19H2,1-3H3,(H,26,29)/t24-/m1/s1. The van der Waals surface area contributed by atoms with E-state index in [0.29, 0.717) is 50.1 Å². The second-order valence-corrected chi connectivity index (χ2v) is 12.3. The van der Waals surface area contributed by atoms with Crippen molar-refractivity contribution in [3.63, 3.8) is 0 Å². The van der Waals surface area contributed by atoms with E-state index >= 15 is 0 Å². The van der Waals surface area contributed by atoms with Crippen LogP contribution in [0.1, 0.15) is 20.3 Å². The molecule has 210 valence electrons. The van der Waals surface area contributed by atoms with Crippen molar-refractivity contribution >= 4 is 31.6 Å². The highest BCUT2D eigenvalue weighted by Gasteiger charge is 2.31. The molecule has 0 spiro atoms. The minimum absolute atomic E-state index is 0.111. The molecule has 1 saturated heterocycles. The Morgan fingerprint density at radius 3 is 2.11 bits per heavy atom. The van der Waals surface area contributed by atoms with Crippen molar-refractivity contribution in [2.24, 2.45) is 0 Å². The third kappa shape index (κ3) is 7.59. The maximum atomic E-state index is 12.9. The molecule has 1 N–H and O–H groups in total. The lowest BCUT2D eigenvalue weighted by molar-refractivity contribution is -0.122. The first kappa shape index (κ1) is 29.7. The van der Waals surface area contributed by atoms with Crippen LogP contribution >= 0.6 is 0 Å². The minimum atomic E-state index is -3.76. The van der Waals surface area contributed by atoms with Gasteiger partial charge < -0.3 is 19.5 Å². The number of carbonyl (C=O) groups excluding carboxylic acids is 1. The number of morpholine rings is 1. The van der Waals surface area contributed by atoms with Gasteiger partial charge in [0.25, 0.3) is 0 Å². The molecule has 0 unspecified atom stereocenters. The van der Waals surface area contributed by atoms with Crippen LogP contribution in [0.5, 0.6) is 11.5 Å². The lowest BCUT2D eigenvalue weighted by atomic mass is 10.2. The first-order chi connectivity index (χ1) is 18.1. The highest BCUT2D eigenvalue weighted by Crippen LogP contribution is 2.25. The Balaban J connectivity index is 1.57. The van der Waals surface area contributed by atoms with Gasteiger partial charge in [-0.3, -0.25) is 9.10 Å². The van der Waals surface area contributed by atoms with E-state index in [1.54, 1.807) is 43.3 Å². The van der Waals surface area contributed by atoms with Gasteiger partial charge in [-0.25, -0.2) is 16.8 Å². The molecule has 38 heavy (non-hydrogen) atoms. The normalized spacial score (nSPS) is 15.4. The number of carbonyl (C=O) groups is 1. The Morgan fingerprint density at radius 2 is 1.55 bits per heavy atom. The van der Waals surface area contributed by atoms with Gasteiger partial charge >= 0.3 is 0 Å². The van der Waals surface area contributed by atoms with E-state index < -0.39 is 32.0 Å². The Morgan fingerprint density at radius 1 is 0.974 bits per heavy atom. The zero-order valence-electron chi connectivity index (χ0n) is 21.8. The number of benzene rings is 2. The molecule has 11 nitrogen and oxygen atoms in total. The lowest BCUT2D eigenvalue weighted by Gasteiger charge is -2.30. The van der Waals surface area contributed by atoms with Crippen molar-refractivity contribution in [3.8, 4) is 11.5 Å². The third-order valence-corrected chi connectivity index (χ3v) is 8.93. The second-order valence-electron chi connectivity index (χ2n) is 8.54. The molecule has 1 fully saturated rings. The number of amides is 1. The van der Waals surface area contributed by atoms with Gasteiger partial charge in [0.15, 0.2) is 0 Å². The van der Waals surface area contributed by atoms with Crippen LogP contribution in [0.4, 0.5) is 5.69 Å². The molecule has 1 atom stereocenters. The monoisotopic (exact) mass is 569 g/mol. The van der Waals surface area contributed by atoms with Gasteiger partial charge in [0, 0.05) is 13.1 Å². The highest BCUT2D eigenvalue weighted by molar-refractivity contribution is 7.92. The number of sulfonamides is 2. The maximum absolute atomic E-state index is 12.9. The van der Waals surface area contributed by atoms with Crippen LogP contribution in [0.15, 0.2) is 53.4 Å². The highest BCUT2D eigenvalue weighted by atomic mass is 32.2. The summed E-state index contributed by atoms with van der Waals surface area (Å²) in [7, 11) is -7.35. The first-order valence-electron chi connectivity index (χ1n) is 12.4. The Bertz CT molecular complexity index is 1260. The lowest BCUT2D eigenvalue weighted by Crippen LogP contribution is -2.50. The summed E-state index contributed by atoms with van der Waals surface area (Å²) in [6.07, 6.45) is 1.32. The molecule has 0 saturated carbocycles. The van der Waals surface area contributed by atoms with Crippen molar-refractivity contribution in [1.29, 1.82) is 0 Å². The smallest absolute Gasteiger partial charge is 0.244 e. The minimum Gasteiger partial charge on any atom is -0.494 e. The number of hydrogen-bond donors (Lipinski definition) is 1. The fraction of sp³-hybridized carbons (Fsp3) is 0.480. The van der Waals surface area contributed by atoms with Crippen LogP contribution in [0.3, 0.4) is 0 Å². The van der Waals surface area contributed by atoms with E-state index in [4.69, 9.17) is 14.2 Å². The second kappa shape index (κ2) is 13.3. The van der Waals surface area contributed by atoms with Crippen molar-refractivity contribution in [1.82, 2.24) is 9.62 Å². The van der Waals surface area contributed by atoms with Gasteiger partial charge in [0.05, 0.1) is 43.2 Å². The molecule has 13 heteroatoms. The predicted octanol–water partition coefficient (Wildman–Crippen LogP) is 1.85. The van der Waals surface area contributed by atoms with Crippen molar-refractivity contribution in [3.05, 3.63) is 48.5 Å². The molecule has 2 aromatic carbocycles. The molecule has 3 rings (SSSR count). The topological polar surface area (TPSA) is 132 Å². The molecule has 2 aromatic rings. The number of rotatable bonds is 13. The van der Waals surface area contributed by atoms with Gasteiger partial charge in [0.1, 0.15) is 24.1 Å². The summed E-state index contributed by atoms with van der Waals surface area (Å²) in [6.45, 7) is 5.67. The molecule has 1 amide bonds. The Hall–Kier alpha value is -2.87. The molecule has 0 radical (unpaired) electrons.